The summed E-state index contributed by atoms with van der Waals surface area (Å²) in [4.78, 5) is 24.0. The van der Waals surface area contributed by atoms with Gasteiger partial charge in [-0.1, -0.05) is 30.3 Å². The number of hydrogen-bond acceptors (Lipinski definition) is 3. The van der Waals surface area contributed by atoms with E-state index in [-0.39, 0.29) is 17.0 Å². The highest BCUT2D eigenvalue weighted by molar-refractivity contribution is 5.93. The molecule has 0 aliphatic heterocycles. The molecule has 0 saturated carbocycles. The number of halogens is 3. The minimum absolute atomic E-state index is 0.0380. The minimum Gasteiger partial charge on any atom is -0.444 e. The van der Waals surface area contributed by atoms with Crippen molar-refractivity contribution in [3.8, 4) is 0 Å². The van der Waals surface area contributed by atoms with E-state index in [9.17, 15) is 22.8 Å². The van der Waals surface area contributed by atoms with E-state index >= 15 is 0 Å². The van der Waals surface area contributed by atoms with Gasteiger partial charge in [0.2, 0.25) is 6.10 Å². The fourth-order valence-electron chi connectivity index (χ4n) is 2.52. The van der Waals surface area contributed by atoms with Gasteiger partial charge in [0.05, 0.1) is 5.56 Å². The van der Waals surface area contributed by atoms with Crippen LogP contribution in [0.15, 0.2) is 36.4 Å². The summed E-state index contributed by atoms with van der Waals surface area (Å²) in [5.74, 6) is -1.78. The molecule has 2 rings (SSSR count). The highest BCUT2D eigenvalue weighted by Crippen LogP contribution is 2.25. The lowest BCUT2D eigenvalue weighted by molar-refractivity contribution is -0.141. The van der Waals surface area contributed by atoms with Crippen LogP contribution in [0.5, 0.6) is 0 Å². The molecule has 1 atom stereocenters. The Hall–Kier alpha value is -2.77. The molecule has 1 aromatic carbocycles. The molecule has 1 amide bonds. The molecule has 25 heavy (non-hydrogen) atoms. The number of aryl methyl sites for hydroxylation is 1. The number of ether oxygens (including phenoxy) is 1. The van der Waals surface area contributed by atoms with E-state index in [1.54, 1.807) is 30.3 Å². The monoisotopic (exact) mass is 354 g/mol. The number of alkyl halides is 3. The zero-order valence-corrected chi connectivity index (χ0v) is 13.6. The van der Waals surface area contributed by atoms with E-state index in [4.69, 9.17) is 10.5 Å². The largest absolute Gasteiger partial charge is 0.444 e. The van der Waals surface area contributed by atoms with E-state index in [1.165, 1.54) is 19.9 Å². The quantitative estimate of drug-likeness (QED) is 0.839. The van der Waals surface area contributed by atoms with Crippen LogP contribution < -0.4 is 5.73 Å². The van der Waals surface area contributed by atoms with Gasteiger partial charge in [-0.3, -0.25) is 4.79 Å². The zero-order chi connectivity index (χ0) is 18.8. The predicted octanol–water partition coefficient (Wildman–Crippen LogP) is 3.05. The topological polar surface area (TPSA) is 74.3 Å². The summed E-state index contributed by atoms with van der Waals surface area (Å²) in [5.41, 5.74) is 5.99. The van der Waals surface area contributed by atoms with Gasteiger partial charge in [-0.15, -0.1) is 0 Å². The van der Waals surface area contributed by atoms with Gasteiger partial charge in [0, 0.05) is 17.0 Å². The summed E-state index contributed by atoms with van der Waals surface area (Å²) in [6.45, 7) is 1.63. The third-order valence-corrected chi connectivity index (χ3v) is 3.72. The number of aromatic nitrogens is 1. The molecule has 0 fully saturated rings. The fraction of sp³-hybridized carbons (Fsp3) is 0.294. The fourth-order valence-corrected chi connectivity index (χ4v) is 2.52. The highest BCUT2D eigenvalue weighted by atomic mass is 19.4. The molecule has 0 aliphatic rings. The van der Waals surface area contributed by atoms with Crippen molar-refractivity contribution in [2.24, 2.45) is 5.73 Å². The Balaban J connectivity index is 2.28. The van der Waals surface area contributed by atoms with Crippen LogP contribution in [-0.4, -0.2) is 22.6 Å². The molecule has 2 aromatic rings. The Morgan fingerprint density at radius 2 is 1.80 bits per heavy atom. The minimum atomic E-state index is -4.42. The smallest absolute Gasteiger partial charge is 0.406 e. The SMILES string of the molecule is Cc1cc(C(=O)OC(C(N)=O)c2ccccc2)c(C)n1CC(F)(F)F. The molecule has 0 saturated heterocycles. The maximum absolute atomic E-state index is 12.7. The maximum Gasteiger partial charge on any atom is 0.406 e. The molecule has 5 nitrogen and oxygen atoms in total. The van der Waals surface area contributed by atoms with Crippen LogP contribution in [-0.2, 0) is 16.1 Å². The van der Waals surface area contributed by atoms with Crippen molar-refractivity contribution in [3.05, 3.63) is 58.9 Å². The first-order valence-electron chi connectivity index (χ1n) is 7.39. The second kappa shape index (κ2) is 7.00. The van der Waals surface area contributed by atoms with Gasteiger partial charge in [0.15, 0.2) is 0 Å². The van der Waals surface area contributed by atoms with Crippen LogP contribution >= 0.6 is 0 Å². The molecule has 0 bridgehead atoms. The highest BCUT2D eigenvalue weighted by Gasteiger charge is 2.31. The number of esters is 1. The van der Waals surface area contributed by atoms with Gasteiger partial charge in [0.1, 0.15) is 6.54 Å². The second-order valence-electron chi connectivity index (χ2n) is 5.58. The van der Waals surface area contributed by atoms with Gasteiger partial charge in [-0.25, -0.2) is 4.79 Å². The first-order chi connectivity index (χ1) is 11.6. The third kappa shape index (κ3) is 4.40. The molecular weight excluding hydrogens is 337 g/mol. The lowest BCUT2D eigenvalue weighted by Gasteiger charge is -2.15. The number of carbonyl (C=O) groups is 2. The van der Waals surface area contributed by atoms with E-state index in [1.807, 2.05) is 0 Å². The number of amides is 1. The normalized spacial score (nSPS) is 12.7. The number of hydrogen-bond donors (Lipinski definition) is 1. The van der Waals surface area contributed by atoms with Crippen molar-refractivity contribution in [3.63, 3.8) is 0 Å². The summed E-state index contributed by atoms with van der Waals surface area (Å²) < 4.78 is 44.1. The first-order valence-corrected chi connectivity index (χ1v) is 7.39. The molecule has 134 valence electrons. The van der Waals surface area contributed by atoms with Crippen molar-refractivity contribution in [1.29, 1.82) is 0 Å². The third-order valence-electron chi connectivity index (χ3n) is 3.72. The van der Waals surface area contributed by atoms with E-state index in [2.05, 4.69) is 0 Å². The van der Waals surface area contributed by atoms with E-state index < -0.39 is 30.7 Å². The van der Waals surface area contributed by atoms with E-state index in [0.29, 0.717) is 5.56 Å². The molecule has 0 aliphatic carbocycles. The van der Waals surface area contributed by atoms with Crippen LogP contribution in [0.4, 0.5) is 13.2 Å². The molecule has 0 radical (unpaired) electrons. The van der Waals surface area contributed by atoms with Crippen molar-refractivity contribution in [2.45, 2.75) is 32.7 Å². The summed E-state index contributed by atoms with van der Waals surface area (Å²) in [5, 5.41) is 0. The summed E-state index contributed by atoms with van der Waals surface area (Å²) in [6, 6.07) is 9.44. The van der Waals surface area contributed by atoms with Crippen molar-refractivity contribution < 1.29 is 27.5 Å². The van der Waals surface area contributed by atoms with Crippen LogP contribution in [0.3, 0.4) is 0 Å². The van der Waals surface area contributed by atoms with Gasteiger partial charge in [-0.05, 0) is 19.9 Å². The van der Waals surface area contributed by atoms with Gasteiger partial charge >= 0.3 is 12.1 Å². The van der Waals surface area contributed by atoms with Crippen molar-refractivity contribution in [1.82, 2.24) is 4.57 Å². The molecule has 1 unspecified atom stereocenters. The molecule has 8 heteroatoms. The van der Waals surface area contributed by atoms with Crippen LogP contribution in [0, 0.1) is 13.8 Å². The van der Waals surface area contributed by atoms with Crippen molar-refractivity contribution >= 4 is 11.9 Å². The van der Waals surface area contributed by atoms with Crippen LogP contribution in [0.1, 0.15) is 33.4 Å². The summed E-state index contributed by atoms with van der Waals surface area (Å²) >= 11 is 0. The van der Waals surface area contributed by atoms with Gasteiger partial charge in [0.25, 0.3) is 5.91 Å². The Kier molecular flexibility index (Phi) is 5.20. The van der Waals surface area contributed by atoms with Crippen molar-refractivity contribution in [2.75, 3.05) is 0 Å². The second-order valence-corrected chi connectivity index (χ2v) is 5.58. The zero-order valence-electron chi connectivity index (χ0n) is 13.6. The Morgan fingerprint density at radius 1 is 1.20 bits per heavy atom. The number of rotatable bonds is 5. The lowest BCUT2D eigenvalue weighted by atomic mass is 10.1. The lowest BCUT2D eigenvalue weighted by Crippen LogP contribution is -2.26. The molecule has 0 spiro atoms. The molecule has 1 aromatic heterocycles. The number of benzene rings is 1. The van der Waals surface area contributed by atoms with Gasteiger partial charge < -0.3 is 15.0 Å². The van der Waals surface area contributed by atoms with E-state index in [0.717, 1.165) is 4.57 Å². The molecule has 2 N–H and O–H groups in total. The Bertz CT molecular complexity index is 782. The number of carbonyl (C=O) groups excluding carboxylic acids is 2. The standard InChI is InChI=1S/C17H17F3N2O3/c1-10-8-13(11(2)22(10)9-17(18,19)20)16(24)25-14(15(21)23)12-6-4-3-5-7-12/h3-8,14H,9H2,1-2H3,(H2,21,23). The first kappa shape index (κ1) is 18.6. The summed E-state index contributed by atoms with van der Waals surface area (Å²) in [7, 11) is 0. The predicted molar refractivity (Wildman–Crippen MR) is 83.8 cm³/mol. The average molecular weight is 354 g/mol. The molecule has 1 heterocycles. The Morgan fingerprint density at radius 3 is 2.32 bits per heavy atom. The average Bonchev–Trinajstić information content (AvgIpc) is 2.79. The maximum atomic E-state index is 12.7. The summed E-state index contributed by atoms with van der Waals surface area (Å²) in [6.07, 6.45) is -5.74. The van der Waals surface area contributed by atoms with Gasteiger partial charge in [-0.2, -0.15) is 13.2 Å². The molecular formula is C17H17F3N2O3. The number of primary amides is 1. The Labute approximate surface area is 142 Å². The van der Waals surface area contributed by atoms with Crippen LogP contribution in [0.2, 0.25) is 0 Å². The number of nitrogens with two attached hydrogens (primary N) is 1. The van der Waals surface area contributed by atoms with Crippen LogP contribution in [0.25, 0.3) is 0 Å². The number of nitrogens with zero attached hydrogens (tertiary/aromatic N) is 1.